The average molecular weight is 325 g/mol. The van der Waals surface area contributed by atoms with Gasteiger partial charge in [-0.2, -0.15) is 0 Å². The molecule has 2 rings (SSSR count). The Hall–Kier alpha value is -1.33. The van der Waals surface area contributed by atoms with Crippen molar-refractivity contribution < 1.29 is 4.79 Å². The number of amides is 1. The van der Waals surface area contributed by atoms with Crippen LogP contribution in [0.1, 0.15) is 20.8 Å². The molecule has 5 heteroatoms. The second-order valence-corrected chi connectivity index (χ2v) is 5.89. The second kappa shape index (κ2) is 5.54. The molecule has 0 aliphatic carbocycles. The highest BCUT2D eigenvalue weighted by molar-refractivity contribution is 9.10. The van der Waals surface area contributed by atoms with Crippen LogP contribution in [0.4, 0.5) is 5.69 Å². The summed E-state index contributed by atoms with van der Waals surface area (Å²) < 4.78 is 1.07. The van der Waals surface area contributed by atoms with Gasteiger partial charge < -0.3 is 11.1 Å². The number of anilines is 1. The summed E-state index contributed by atoms with van der Waals surface area (Å²) >= 11 is 4.97. The van der Waals surface area contributed by atoms with Crippen molar-refractivity contribution in [1.29, 1.82) is 0 Å². The Balaban J connectivity index is 2.04. The van der Waals surface area contributed by atoms with Crippen molar-refractivity contribution in [2.24, 2.45) is 5.73 Å². The molecule has 3 N–H and O–H groups in total. The standard InChI is InChI=1S/C13H13BrN2OS/c1-8-4-10(14)2-3-12(8)16-6-11-5-9(7-18-11)13(15)17/h2-5,7,16H,6H2,1H3,(H2,15,17). The van der Waals surface area contributed by atoms with Crippen LogP contribution in [0.25, 0.3) is 0 Å². The first-order chi connectivity index (χ1) is 8.56. The molecule has 0 aliphatic heterocycles. The quantitative estimate of drug-likeness (QED) is 0.903. The van der Waals surface area contributed by atoms with E-state index in [9.17, 15) is 4.79 Å². The first-order valence-electron chi connectivity index (χ1n) is 5.43. The maximum atomic E-state index is 11.0. The van der Waals surface area contributed by atoms with Crippen LogP contribution >= 0.6 is 27.3 Å². The smallest absolute Gasteiger partial charge is 0.249 e. The minimum atomic E-state index is -0.377. The van der Waals surface area contributed by atoms with Crippen molar-refractivity contribution in [2.75, 3.05) is 5.32 Å². The monoisotopic (exact) mass is 324 g/mol. The van der Waals surface area contributed by atoms with Gasteiger partial charge in [0.2, 0.25) is 5.91 Å². The van der Waals surface area contributed by atoms with Gasteiger partial charge in [-0.3, -0.25) is 4.79 Å². The zero-order chi connectivity index (χ0) is 13.1. The number of benzene rings is 1. The van der Waals surface area contributed by atoms with Gasteiger partial charge in [0.15, 0.2) is 0 Å². The zero-order valence-electron chi connectivity index (χ0n) is 9.87. The Morgan fingerprint density at radius 2 is 2.22 bits per heavy atom. The lowest BCUT2D eigenvalue weighted by atomic mass is 10.2. The van der Waals surface area contributed by atoms with Crippen LogP contribution in [-0.2, 0) is 6.54 Å². The van der Waals surface area contributed by atoms with E-state index in [0.717, 1.165) is 15.0 Å². The summed E-state index contributed by atoms with van der Waals surface area (Å²) in [7, 11) is 0. The van der Waals surface area contributed by atoms with Gasteiger partial charge in [-0.15, -0.1) is 11.3 Å². The number of hydrogen-bond acceptors (Lipinski definition) is 3. The van der Waals surface area contributed by atoms with Gasteiger partial charge in [0, 0.05) is 27.0 Å². The third kappa shape index (κ3) is 3.11. The summed E-state index contributed by atoms with van der Waals surface area (Å²) in [5, 5.41) is 5.13. The number of halogens is 1. The van der Waals surface area contributed by atoms with Crippen LogP contribution in [0.3, 0.4) is 0 Å². The second-order valence-electron chi connectivity index (χ2n) is 3.98. The van der Waals surface area contributed by atoms with Crippen LogP contribution < -0.4 is 11.1 Å². The van der Waals surface area contributed by atoms with Crippen LogP contribution in [0.15, 0.2) is 34.1 Å². The molecule has 1 aromatic carbocycles. The highest BCUT2D eigenvalue weighted by Crippen LogP contribution is 2.22. The Kier molecular flexibility index (Phi) is 4.04. The van der Waals surface area contributed by atoms with E-state index in [4.69, 9.17) is 5.73 Å². The number of carbonyl (C=O) groups excluding carboxylic acids is 1. The predicted molar refractivity (Wildman–Crippen MR) is 79.0 cm³/mol. The minimum absolute atomic E-state index is 0.377. The van der Waals surface area contributed by atoms with E-state index in [-0.39, 0.29) is 5.91 Å². The fraction of sp³-hybridized carbons (Fsp3) is 0.154. The van der Waals surface area contributed by atoms with Gasteiger partial charge in [-0.25, -0.2) is 0 Å². The molecule has 0 spiro atoms. The molecule has 18 heavy (non-hydrogen) atoms. The molecule has 1 aromatic heterocycles. The molecule has 0 fully saturated rings. The van der Waals surface area contributed by atoms with Gasteiger partial charge in [-0.05, 0) is 36.8 Å². The fourth-order valence-electron chi connectivity index (χ4n) is 1.61. The SMILES string of the molecule is Cc1cc(Br)ccc1NCc1cc(C(N)=O)cs1. The van der Waals surface area contributed by atoms with Crippen LogP contribution in [0, 0.1) is 6.92 Å². The van der Waals surface area contributed by atoms with E-state index < -0.39 is 0 Å². The molecule has 0 saturated carbocycles. The summed E-state index contributed by atoms with van der Waals surface area (Å²) in [5.74, 6) is -0.377. The summed E-state index contributed by atoms with van der Waals surface area (Å²) in [5.41, 5.74) is 8.06. The largest absolute Gasteiger partial charge is 0.380 e. The van der Waals surface area contributed by atoms with Gasteiger partial charge in [-0.1, -0.05) is 15.9 Å². The maximum Gasteiger partial charge on any atom is 0.249 e. The molecular weight excluding hydrogens is 312 g/mol. The molecule has 1 heterocycles. The first-order valence-corrected chi connectivity index (χ1v) is 7.11. The Morgan fingerprint density at radius 3 is 2.83 bits per heavy atom. The van der Waals surface area contributed by atoms with Crippen molar-refractivity contribution >= 4 is 38.9 Å². The van der Waals surface area contributed by atoms with E-state index in [0.29, 0.717) is 12.1 Å². The van der Waals surface area contributed by atoms with Gasteiger partial charge in [0.25, 0.3) is 0 Å². The number of carbonyl (C=O) groups is 1. The molecule has 2 aromatic rings. The van der Waals surface area contributed by atoms with Gasteiger partial charge in [0.05, 0.1) is 5.56 Å². The highest BCUT2D eigenvalue weighted by atomic mass is 79.9. The summed E-state index contributed by atoms with van der Waals surface area (Å²) in [6, 6.07) is 7.92. The summed E-state index contributed by atoms with van der Waals surface area (Å²) in [6.45, 7) is 2.75. The maximum absolute atomic E-state index is 11.0. The van der Waals surface area contributed by atoms with Crippen LogP contribution in [0.2, 0.25) is 0 Å². The van der Waals surface area contributed by atoms with Crippen molar-refractivity contribution in [2.45, 2.75) is 13.5 Å². The van der Waals surface area contributed by atoms with Crippen molar-refractivity contribution in [3.8, 4) is 0 Å². The molecule has 3 nitrogen and oxygen atoms in total. The summed E-state index contributed by atoms with van der Waals surface area (Å²) in [4.78, 5) is 12.1. The Morgan fingerprint density at radius 1 is 1.44 bits per heavy atom. The topological polar surface area (TPSA) is 55.1 Å². The zero-order valence-corrected chi connectivity index (χ0v) is 12.3. The highest BCUT2D eigenvalue weighted by Gasteiger charge is 2.05. The number of nitrogens with two attached hydrogens (primary N) is 1. The van der Waals surface area contributed by atoms with E-state index >= 15 is 0 Å². The molecule has 0 unspecified atom stereocenters. The number of rotatable bonds is 4. The number of nitrogens with one attached hydrogen (secondary N) is 1. The van der Waals surface area contributed by atoms with Crippen LogP contribution in [0.5, 0.6) is 0 Å². The molecule has 1 amide bonds. The normalized spacial score (nSPS) is 10.3. The minimum Gasteiger partial charge on any atom is -0.380 e. The lowest BCUT2D eigenvalue weighted by Crippen LogP contribution is -2.09. The number of primary amides is 1. The van der Waals surface area contributed by atoms with Crippen LogP contribution in [-0.4, -0.2) is 5.91 Å². The van der Waals surface area contributed by atoms with E-state index in [1.165, 1.54) is 16.9 Å². The van der Waals surface area contributed by atoms with Gasteiger partial charge >= 0.3 is 0 Å². The van der Waals surface area contributed by atoms with Gasteiger partial charge in [0.1, 0.15) is 0 Å². The first kappa shape index (κ1) is 13.1. The third-order valence-corrected chi connectivity index (χ3v) is 4.01. The average Bonchev–Trinajstić information content (AvgIpc) is 2.76. The lowest BCUT2D eigenvalue weighted by molar-refractivity contribution is 0.100. The van der Waals surface area contributed by atoms with Crippen molar-refractivity contribution in [3.63, 3.8) is 0 Å². The molecule has 0 radical (unpaired) electrons. The number of aryl methyl sites for hydroxylation is 1. The molecule has 94 valence electrons. The molecule has 0 atom stereocenters. The molecule has 0 saturated heterocycles. The van der Waals surface area contributed by atoms with Crippen molar-refractivity contribution in [3.05, 3.63) is 50.1 Å². The van der Waals surface area contributed by atoms with E-state index in [1.54, 1.807) is 5.38 Å². The third-order valence-electron chi connectivity index (χ3n) is 2.58. The Labute approximate surface area is 118 Å². The number of thiophene rings is 1. The molecular formula is C13H13BrN2OS. The van der Waals surface area contributed by atoms with E-state index in [2.05, 4.69) is 34.2 Å². The lowest BCUT2D eigenvalue weighted by Gasteiger charge is -2.08. The van der Waals surface area contributed by atoms with Crippen molar-refractivity contribution in [1.82, 2.24) is 0 Å². The summed E-state index contributed by atoms with van der Waals surface area (Å²) in [6.07, 6.45) is 0. The van der Waals surface area contributed by atoms with E-state index in [1.807, 2.05) is 18.2 Å². The molecule has 0 aliphatic rings. The number of hydrogen-bond donors (Lipinski definition) is 2. The predicted octanol–water partition coefficient (Wildman–Crippen LogP) is 3.53. The fourth-order valence-corrected chi connectivity index (χ4v) is 2.90. The molecule has 0 bridgehead atoms. The Bertz CT molecular complexity index is 580.